The predicted octanol–water partition coefficient (Wildman–Crippen LogP) is 3.69. The molecule has 1 aromatic heterocycles. The van der Waals surface area contributed by atoms with Gasteiger partial charge in [-0.1, -0.05) is 42.5 Å². The normalized spacial score (nSPS) is 10.5. The molecule has 0 fully saturated rings. The van der Waals surface area contributed by atoms with Gasteiger partial charge in [0.1, 0.15) is 12.2 Å². The van der Waals surface area contributed by atoms with Crippen molar-refractivity contribution in [3.05, 3.63) is 88.2 Å². The number of hydrogen-bond acceptors (Lipinski definition) is 5. The summed E-state index contributed by atoms with van der Waals surface area (Å²) in [4.78, 5) is 24.3. The van der Waals surface area contributed by atoms with Gasteiger partial charge in [0, 0.05) is 0 Å². The van der Waals surface area contributed by atoms with Crippen molar-refractivity contribution in [2.45, 2.75) is 27.0 Å². The van der Waals surface area contributed by atoms with Crippen LogP contribution >= 0.6 is 0 Å². The number of carbonyl (C=O) groups is 2. The zero-order valence-electron chi connectivity index (χ0n) is 16.1. The van der Waals surface area contributed by atoms with E-state index in [0.717, 1.165) is 11.3 Å². The fourth-order valence-electron chi connectivity index (χ4n) is 3.03. The molecule has 0 atom stereocenters. The van der Waals surface area contributed by atoms with Gasteiger partial charge < -0.3 is 9.47 Å². The topological polar surface area (TPSA) is 70.4 Å². The molecule has 3 rings (SSSR count). The second-order valence-electron chi connectivity index (χ2n) is 6.46. The van der Waals surface area contributed by atoms with E-state index in [1.54, 1.807) is 35.9 Å². The lowest BCUT2D eigenvalue weighted by Gasteiger charge is -2.08. The van der Waals surface area contributed by atoms with E-state index in [0.29, 0.717) is 28.9 Å². The fourth-order valence-corrected chi connectivity index (χ4v) is 3.03. The Balaban J connectivity index is 1.72. The largest absolute Gasteiger partial charge is 0.465 e. The van der Waals surface area contributed by atoms with Gasteiger partial charge >= 0.3 is 11.9 Å². The van der Waals surface area contributed by atoms with Crippen LogP contribution in [0.25, 0.3) is 0 Å². The van der Waals surface area contributed by atoms with Crippen molar-refractivity contribution in [3.63, 3.8) is 0 Å². The number of ether oxygens (including phenoxy) is 2. The van der Waals surface area contributed by atoms with Gasteiger partial charge in [0.2, 0.25) is 0 Å². The van der Waals surface area contributed by atoms with Crippen LogP contribution in [0.15, 0.2) is 54.6 Å². The first-order valence-corrected chi connectivity index (χ1v) is 8.92. The minimum atomic E-state index is -0.433. The molecule has 0 aliphatic heterocycles. The maximum Gasteiger partial charge on any atom is 0.342 e. The maximum absolute atomic E-state index is 12.6. The molecule has 0 saturated heterocycles. The molecule has 0 unspecified atom stereocenters. The van der Waals surface area contributed by atoms with Crippen LogP contribution in [-0.4, -0.2) is 28.8 Å². The third kappa shape index (κ3) is 4.28. The van der Waals surface area contributed by atoms with Gasteiger partial charge in [0.15, 0.2) is 0 Å². The fraction of sp³-hybridized carbons (Fsp3) is 0.227. The molecule has 1 heterocycles. The van der Waals surface area contributed by atoms with Crippen molar-refractivity contribution in [2.24, 2.45) is 0 Å². The number of hydrogen-bond donors (Lipinski definition) is 0. The van der Waals surface area contributed by atoms with Crippen LogP contribution in [0.4, 0.5) is 0 Å². The van der Waals surface area contributed by atoms with Gasteiger partial charge in [0.25, 0.3) is 0 Å². The zero-order valence-corrected chi connectivity index (χ0v) is 16.1. The van der Waals surface area contributed by atoms with E-state index in [1.807, 2.05) is 37.3 Å². The molecule has 0 radical (unpaired) electrons. The van der Waals surface area contributed by atoms with Crippen LogP contribution in [0.3, 0.4) is 0 Å². The lowest BCUT2D eigenvalue weighted by Crippen LogP contribution is -2.09. The second-order valence-corrected chi connectivity index (χ2v) is 6.46. The Hall–Kier alpha value is -3.41. The standard InChI is InChI=1S/C22H22N2O4/c1-15-20(16(2)24(23-15)13-17-8-5-4-6-9-17)22(26)28-14-18-10-7-11-19(12-18)21(25)27-3/h4-12H,13-14H2,1-3H3. The molecule has 6 heteroatoms. The number of rotatable bonds is 6. The molecule has 0 aliphatic carbocycles. The number of esters is 2. The Bertz CT molecular complexity index is 993. The highest BCUT2D eigenvalue weighted by molar-refractivity contribution is 5.92. The molecule has 6 nitrogen and oxygen atoms in total. The summed E-state index contributed by atoms with van der Waals surface area (Å²) in [6, 6.07) is 16.8. The van der Waals surface area contributed by atoms with E-state index in [4.69, 9.17) is 9.47 Å². The van der Waals surface area contributed by atoms with E-state index in [-0.39, 0.29) is 6.61 Å². The van der Waals surface area contributed by atoms with Crippen molar-refractivity contribution < 1.29 is 19.1 Å². The summed E-state index contributed by atoms with van der Waals surface area (Å²) in [6.07, 6.45) is 0. The summed E-state index contributed by atoms with van der Waals surface area (Å²) in [5.41, 5.74) is 4.09. The smallest absolute Gasteiger partial charge is 0.342 e. The van der Waals surface area contributed by atoms with Gasteiger partial charge in [0.05, 0.1) is 30.6 Å². The van der Waals surface area contributed by atoms with Gasteiger partial charge in [-0.25, -0.2) is 9.59 Å². The molecule has 0 bridgehead atoms. The highest BCUT2D eigenvalue weighted by Gasteiger charge is 2.20. The number of carbonyl (C=O) groups excluding carboxylic acids is 2. The molecule has 0 saturated carbocycles. The van der Waals surface area contributed by atoms with Crippen molar-refractivity contribution in [3.8, 4) is 0 Å². The molecule has 0 spiro atoms. The van der Waals surface area contributed by atoms with E-state index in [9.17, 15) is 9.59 Å². The minimum Gasteiger partial charge on any atom is -0.465 e. The molecule has 0 aliphatic rings. The first-order chi connectivity index (χ1) is 13.5. The summed E-state index contributed by atoms with van der Waals surface area (Å²) >= 11 is 0. The average molecular weight is 378 g/mol. The third-order valence-corrected chi connectivity index (χ3v) is 4.48. The number of methoxy groups -OCH3 is 1. The highest BCUT2D eigenvalue weighted by Crippen LogP contribution is 2.17. The van der Waals surface area contributed by atoms with Crippen molar-refractivity contribution >= 4 is 11.9 Å². The Morgan fingerprint density at radius 1 is 0.964 bits per heavy atom. The van der Waals surface area contributed by atoms with E-state index in [2.05, 4.69) is 5.10 Å². The first-order valence-electron chi connectivity index (χ1n) is 8.92. The van der Waals surface area contributed by atoms with Crippen molar-refractivity contribution in [2.75, 3.05) is 7.11 Å². The zero-order chi connectivity index (χ0) is 20.1. The maximum atomic E-state index is 12.6. The van der Waals surface area contributed by atoms with Crippen molar-refractivity contribution in [1.82, 2.24) is 9.78 Å². The van der Waals surface area contributed by atoms with Gasteiger partial charge in [-0.05, 0) is 37.1 Å². The van der Waals surface area contributed by atoms with E-state index >= 15 is 0 Å². The average Bonchev–Trinajstić information content (AvgIpc) is 2.99. The molecule has 0 amide bonds. The molecule has 3 aromatic rings. The van der Waals surface area contributed by atoms with Crippen LogP contribution in [0, 0.1) is 13.8 Å². The Labute approximate surface area is 163 Å². The van der Waals surface area contributed by atoms with Gasteiger partial charge in [-0.2, -0.15) is 5.10 Å². The summed E-state index contributed by atoms with van der Waals surface area (Å²) in [7, 11) is 1.33. The van der Waals surface area contributed by atoms with Crippen LogP contribution < -0.4 is 0 Å². The highest BCUT2D eigenvalue weighted by atomic mass is 16.5. The van der Waals surface area contributed by atoms with Crippen LogP contribution in [0.1, 0.15) is 43.2 Å². The third-order valence-electron chi connectivity index (χ3n) is 4.48. The molecular formula is C22H22N2O4. The molecular weight excluding hydrogens is 356 g/mol. The second kappa shape index (κ2) is 8.52. The lowest BCUT2D eigenvalue weighted by atomic mass is 10.1. The van der Waals surface area contributed by atoms with Crippen LogP contribution in [0.2, 0.25) is 0 Å². The summed E-state index contributed by atoms with van der Waals surface area (Å²) in [5, 5.41) is 4.48. The van der Waals surface area contributed by atoms with Gasteiger partial charge in [-0.3, -0.25) is 4.68 Å². The number of aromatic nitrogens is 2. The number of aryl methyl sites for hydroxylation is 1. The lowest BCUT2D eigenvalue weighted by molar-refractivity contribution is 0.0471. The first kappa shape index (κ1) is 19.4. The molecule has 144 valence electrons. The molecule has 28 heavy (non-hydrogen) atoms. The van der Waals surface area contributed by atoms with Crippen LogP contribution in [0.5, 0.6) is 0 Å². The summed E-state index contributed by atoms with van der Waals surface area (Å²) in [5.74, 6) is -0.861. The Morgan fingerprint density at radius 3 is 2.39 bits per heavy atom. The Kier molecular flexibility index (Phi) is 5.89. The van der Waals surface area contributed by atoms with E-state index < -0.39 is 11.9 Å². The number of benzene rings is 2. The SMILES string of the molecule is COC(=O)c1cccc(COC(=O)c2c(C)nn(Cc3ccccc3)c2C)c1. The quantitative estimate of drug-likeness (QED) is 0.612. The Morgan fingerprint density at radius 2 is 1.68 bits per heavy atom. The molecule has 2 aromatic carbocycles. The minimum absolute atomic E-state index is 0.0619. The van der Waals surface area contributed by atoms with Gasteiger partial charge in [-0.15, -0.1) is 0 Å². The molecule has 0 N–H and O–H groups in total. The van der Waals surface area contributed by atoms with Crippen molar-refractivity contribution in [1.29, 1.82) is 0 Å². The summed E-state index contributed by atoms with van der Waals surface area (Å²) < 4.78 is 12.0. The van der Waals surface area contributed by atoms with E-state index in [1.165, 1.54) is 7.11 Å². The summed E-state index contributed by atoms with van der Waals surface area (Å²) in [6.45, 7) is 4.30. The monoisotopic (exact) mass is 378 g/mol. The predicted molar refractivity (Wildman–Crippen MR) is 104 cm³/mol. The number of nitrogens with zero attached hydrogens (tertiary/aromatic N) is 2. The van der Waals surface area contributed by atoms with Crippen LogP contribution in [-0.2, 0) is 22.6 Å².